The average Bonchev–Trinajstić information content (AvgIpc) is 3.70. The molecular formula is C31H31N5O. The zero-order valence-electron chi connectivity index (χ0n) is 20.8. The zero-order chi connectivity index (χ0) is 25.0. The van der Waals surface area contributed by atoms with Gasteiger partial charge in [-0.15, -0.1) is 0 Å². The van der Waals surface area contributed by atoms with E-state index in [0.717, 1.165) is 45.9 Å². The molecule has 3 N–H and O–H groups in total. The number of anilines is 2. The number of H-pyrrole nitrogens is 1. The quantitative estimate of drug-likeness (QED) is 0.264. The van der Waals surface area contributed by atoms with Crippen LogP contribution in [0.4, 0.5) is 11.4 Å². The number of imidazole rings is 1. The first-order valence-electron chi connectivity index (χ1n) is 13.1. The maximum atomic E-state index is 13.2. The fourth-order valence-corrected chi connectivity index (χ4v) is 5.28. The van der Waals surface area contributed by atoms with Crippen LogP contribution in [0.15, 0.2) is 85.3 Å². The van der Waals surface area contributed by atoms with E-state index in [1.807, 2.05) is 54.7 Å². The number of carbonyl (C=O) groups excluding carboxylic acids is 1. The Labute approximate surface area is 217 Å². The van der Waals surface area contributed by atoms with Gasteiger partial charge in [-0.3, -0.25) is 4.79 Å². The maximum Gasteiger partial charge on any atom is 0.258 e. The van der Waals surface area contributed by atoms with Crippen LogP contribution in [0.1, 0.15) is 36.0 Å². The predicted octanol–water partition coefficient (Wildman–Crippen LogP) is 6.04. The molecule has 0 bridgehead atoms. The van der Waals surface area contributed by atoms with Crippen LogP contribution in [0.5, 0.6) is 0 Å². The number of amides is 1. The van der Waals surface area contributed by atoms with Crippen molar-refractivity contribution in [1.29, 1.82) is 0 Å². The minimum Gasteiger partial charge on any atom is -0.354 e. The Kier molecular flexibility index (Phi) is 6.57. The number of fused-ring (bicyclic) bond motifs is 1. The Morgan fingerprint density at radius 1 is 0.946 bits per heavy atom. The zero-order valence-corrected chi connectivity index (χ0v) is 20.8. The fourth-order valence-electron chi connectivity index (χ4n) is 5.28. The standard InChI is InChI=1S/C31H31N5O/c37-31-29(26-7-1-2-8-27(26)35-31)30(34-25-15-13-23(14-16-25)28-20-32-21-33-28)24-11-9-22(10-12-24)6-5-19-36-17-3-4-18-36/h1-2,7-16,20-21,34H,3-6,17-19H2,(H,32,33)(H,35,37). The van der Waals surface area contributed by atoms with E-state index in [1.165, 1.54) is 44.5 Å². The maximum absolute atomic E-state index is 13.2. The number of aromatic nitrogens is 2. The lowest BCUT2D eigenvalue weighted by atomic mass is 9.98. The molecule has 3 heterocycles. The van der Waals surface area contributed by atoms with E-state index in [-0.39, 0.29) is 5.91 Å². The molecule has 186 valence electrons. The lowest BCUT2D eigenvalue weighted by Crippen LogP contribution is -2.20. The van der Waals surface area contributed by atoms with E-state index in [4.69, 9.17) is 0 Å². The Morgan fingerprint density at radius 2 is 1.73 bits per heavy atom. The Bertz CT molecular complexity index is 1400. The molecule has 0 atom stereocenters. The summed E-state index contributed by atoms with van der Waals surface area (Å²) in [5.74, 6) is -0.0912. The highest BCUT2D eigenvalue weighted by atomic mass is 16.2. The van der Waals surface area contributed by atoms with Crippen molar-refractivity contribution < 1.29 is 4.79 Å². The van der Waals surface area contributed by atoms with E-state index in [9.17, 15) is 4.79 Å². The van der Waals surface area contributed by atoms with Gasteiger partial charge in [0.2, 0.25) is 0 Å². The normalized spacial score (nSPS) is 16.5. The molecule has 1 aromatic heterocycles. The molecule has 1 saturated heterocycles. The second-order valence-corrected chi connectivity index (χ2v) is 9.76. The number of hydrogen-bond acceptors (Lipinski definition) is 4. The summed E-state index contributed by atoms with van der Waals surface area (Å²) < 4.78 is 0. The molecule has 1 fully saturated rings. The van der Waals surface area contributed by atoms with E-state index < -0.39 is 0 Å². The van der Waals surface area contributed by atoms with Gasteiger partial charge in [-0.05, 0) is 74.6 Å². The lowest BCUT2D eigenvalue weighted by molar-refractivity contribution is -0.110. The van der Waals surface area contributed by atoms with Gasteiger partial charge in [-0.25, -0.2) is 4.98 Å². The minimum absolute atomic E-state index is 0.0912. The summed E-state index contributed by atoms with van der Waals surface area (Å²) in [4.78, 5) is 23.1. The summed E-state index contributed by atoms with van der Waals surface area (Å²) >= 11 is 0. The number of para-hydroxylation sites is 1. The number of rotatable bonds is 8. The van der Waals surface area contributed by atoms with Crippen molar-refractivity contribution in [3.05, 3.63) is 102 Å². The van der Waals surface area contributed by atoms with E-state index in [1.54, 1.807) is 6.33 Å². The number of nitrogens with one attached hydrogen (secondary N) is 3. The van der Waals surface area contributed by atoms with E-state index in [2.05, 4.69) is 49.8 Å². The molecule has 0 aliphatic carbocycles. The van der Waals surface area contributed by atoms with Gasteiger partial charge >= 0.3 is 0 Å². The second-order valence-electron chi connectivity index (χ2n) is 9.76. The highest BCUT2D eigenvalue weighted by Crippen LogP contribution is 2.37. The van der Waals surface area contributed by atoms with Gasteiger partial charge in [0, 0.05) is 28.7 Å². The first-order chi connectivity index (χ1) is 18.2. The third-order valence-electron chi connectivity index (χ3n) is 7.25. The third kappa shape index (κ3) is 5.06. The molecule has 2 aliphatic rings. The van der Waals surface area contributed by atoms with Crippen molar-refractivity contribution in [2.45, 2.75) is 25.7 Å². The Hall–Kier alpha value is -4.16. The molecule has 3 aromatic carbocycles. The topological polar surface area (TPSA) is 73.0 Å². The number of carbonyl (C=O) groups is 1. The van der Waals surface area contributed by atoms with Crippen LogP contribution in [-0.2, 0) is 11.2 Å². The van der Waals surface area contributed by atoms with Crippen LogP contribution in [0.2, 0.25) is 0 Å². The van der Waals surface area contributed by atoms with Crippen molar-refractivity contribution in [2.24, 2.45) is 0 Å². The summed E-state index contributed by atoms with van der Waals surface area (Å²) in [6.07, 6.45) is 8.46. The smallest absolute Gasteiger partial charge is 0.258 e. The molecule has 6 rings (SSSR count). The molecule has 37 heavy (non-hydrogen) atoms. The van der Waals surface area contributed by atoms with Crippen LogP contribution >= 0.6 is 0 Å². The Morgan fingerprint density at radius 3 is 2.49 bits per heavy atom. The number of hydrogen-bond donors (Lipinski definition) is 3. The molecule has 4 aromatic rings. The molecule has 0 radical (unpaired) electrons. The number of aryl methyl sites for hydroxylation is 1. The van der Waals surface area contributed by atoms with Crippen molar-refractivity contribution in [3.8, 4) is 11.3 Å². The number of nitrogens with zero attached hydrogens (tertiary/aromatic N) is 2. The lowest BCUT2D eigenvalue weighted by Gasteiger charge is -2.16. The van der Waals surface area contributed by atoms with Gasteiger partial charge in [-0.2, -0.15) is 0 Å². The summed E-state index contributed by atoms with van der Waals surface area (Å²) in [5, 5.41) is 6.59. The summed E-state index contributed by atoms with van der Waals surface area (Å²) in [6.45, 7) is 3.66. The number of likely N-dealkylation sites (tertiary alicyclic amines) is 1. The summed E-state index contributed by atoms with van der Waals surface area (Å²) in [5.41, 5.74) is 8.37. The number of benzene rings is 3. The first kappa shape index (κ1) is 23.3. The molecule has 0 unspecified atom stereocenters. The van der Waals surface area contributed by atoms with Gasteiger partial charge in [0.1, 0.15) is 0 Å². The number of aromatic amines is 1. The van der Waals surface area contributed by atoms with Crippen molar-refractivity contribution in [2.75, 3.05) is 30.3 Å². The van der Waals surface area contributed by atoms with Crippen LogP contribution in [0.25, 0.3) is 22.5 Å². The Balaban J connectivity index is 1.29. The fraction of sp³-hybridized carbons (Fsp3) is 0.226. The van der Waals surface area contributed by atoms with Crippen molar-refractivity contribution in [3.63, 3.8) is 0 Å². The van der Waals surface area contributed by atoms with Crippen LogP contribution in [-0.4, -0.2) is 40.4 Å². The third-order valence-corrected chi connectivity index (χ3v) is 7.25. The second kappa shape index (κ2) is 10.4. The van der Waals surface area contributed by atoms with Gasteiger partial charge in [0.25, 0.3) is 5.91 Å². The molecular weight excluding hydrogens is 458 g/mol. The van der Waals surface area contributed by atoms with E-state index in [0.29, 0.717) is 5.57 Å². The summed E-state index contributed by atoms with van der Waals surface area (Å²) in [7, 11) is 0. The molecule has 6 heteroatoms. The molecule has 0 saturated carbocycles. The molecule has 0 spiro atoms. The van der Waals surface area contributed by atoms with Crippen LogP contribution in [0.3, 0.4) is 0 Å². The SMILES string of the molecule is O=C1Nc2ccccc2C1=C(Nc1ccc(-c2c[nH]cn2)cc1)c1ccc(CCCN2CCCC2)cc1. The van der Waals surface area contributed by atoms with Gasteiger partial charge in [0.15, 0.2) is 0 Å². The molecule has 1 amide bonds. The first-order valence-corrected chi connectivity index (χ1v) is 13.1. The highest BCUT2D eigenvalue weighted by Gasteiger charge is 2.28. The van der Waals surface area contributed by atoms with Crippen LogP contribution < -0.4 is 10.6 Å². The predicted molar refractivity (Wildman–Crippen MR) is 150 cm³/mol. The van der Waals surface area contributed by atoms with Crippen molar-refractivity contribution >= 4 is 28.6 Å². The van der Waals surface area contributed by atoms with E-state index >= 15 is 0 Å². The highest BCUT2D eigenvalue weighted by molar-refractivity contribution is 6.37. The summed E-state index contributed by atoms with van der Waals surface area (Å²) in [6, 6.07) is 24.6. The monoisotopic (exact) mass is 489 g/mol. The van der Waals surface area contributed by atoms with Crippen LogP contribution in [0, 0.1) is 0 Å². The van der Waals surface area contributed by atoms with Gasteiger partial charge in [0.05, 0.1) is 23.3 Å². The average molecular weight is 490 g/mol. The minimum atomic E-state index is -0.0912. The molecule has 2 aliphatic heterocycles. The van der Waals surface area contributed by atoms with Gasteiger partial charge < -0.3 is 20.5 Å². The van der Waals surface area contributed by atoms with Crippen molar-refractivity contribution in [1.82, 2.24) is 14.9 Å². The molecule has 6 nitrogen and oxygen atoms in total. The van der Waals surface area contributed by atoms with Gasteiger partial charge in [-0.1, -0.05) is 54.6 Å². The largest absolute Gasteiger partial charge is 0.354 e.